The summed E-state index contributed by atoms with van der Waals surface area (Å²) in [6, 6.07) is 13.9. The van der Waals surface area contributed by atoms with Gasteiger partial charge in [0.1, 0.15) is 4.32 Å². The maximum absolute atomic E-state index is 12.5. The first-order chi connectivity index (χ1) is 10.7. The lowest BCUT2D eigenvalue weighted by atomic mass is 10.1. The molecule has 1 saturated heterocycles. The van der Waals surface area contributed by atoms with Crippen LogP contribution in [0.25, 0.3) is 6.08 Å². The molecule has 2 heterocycles. The highest BCUT2D eigenvalue weighted by atomic mass is 32.2. The number of rotatable bonds is 4. The van der Waals surface area contributed by atoms with Gasteiger partial charge in [0.05, 0.1) is 4.91 Å². The van der Waals surface area contributed by atoms with Gasteiger partial charge in [0, 0.05) is 18.9 Å². The van der Waals surface area contributed by atoms with E-state index in [1.54, 1.807) is 17.3 Å². The minimum Gasteiger partial charge on any atom is -0.293 e. The van der Waals surface area contributed by atoms with Crippen molar-refractivity contribution in [1.82, 2.24) is 9.88 Å². The second-order valence-electron chi connectivity index (χ2n) is 4.85. The molecule has 1 aliphatic rings. The van der Waals surface area contributed by atoms with Crippen LogP contribution in [0.4, 0.5) is 0 Å². The van der Waals surface area contributed by atoms with Gasteiger partial charge in [0.2, 0.25) is 0 Å². The normalized spacial score (nSPS) is 16.5. The first-order valence-electron chi connectivity index (χ1n) is 6.93. The first kappa shape index (κ1) is 14.9. The summed E-state index contributed by atoms with van der Waals surface area (Å²) in [5.41, 5.74) is 2.16. The Balaban J connectivity index is 1.71. The summed E-state index contributed by atoms with van der Waals surface area (Å²) in [5.74, 6) is -0.0113. The second-order valence-corrected chi connectivity index (χ2v) is 6.53. The molecule has 0 spiro atoms. The Morgan fingerprint density at radius 1 is 1.14 bits per heavy atom. The molecule has 3 nitrogen and oxygen atoms in total. The molecule has 110 valence electrons. The van der Waals surface area contributed by atoms with E-state index in [1.807, 2.05) is 36.4 Å². The highest BCUT2D eigenvalue weighted by molar-refractivity contribution is 8.26. The van der Waals surface area contributed by atoms with Crippen LogP contribution in [0, 0.1) is 0 Å². The molecule has 0 saturated carbocycles. The fourth-order valence-electron chi connectivity index (χ4n) is 2.19. The average molecular weight is 326 g/mol. The van der Waals surface area contributed by atoms with Crippen molar-refractivity contribution in [3.05, 3.63) is 70.9 Å². The van der Waals surface area contributed by atoms with Gasteiger partial charge in [0.15, 0.2) is 0 Å². The van der Waals surface area contributed by atoms with Crippen molar-refractivity contribution in [3.8, 4) is 0 Å². The number of carbonyl (C=O) groups is 1. The Bertz CT molecular complexity index is 714. The monoisotopic (exact) mass is 326 g/mol. The van der Waals surface area contributed by atoms with E-state index in [9.17, 15) is 4.79 Å². The van der Waals surface area contributed by atoms with Gasteiger partial charge in [-0.1, -0.05) is 54.3 Å². The summed E-state index contributed by atoms with van der Waals surface area (Å²) >= 11 is 6.70. The van der Waals surface area contributed by atoms with Gasteiger partial charge in [-0.15, -0.1) is 0 Å². The number of hydrogen-bond donors (Lipinski definition) is 0. The molecule has 0 radical (unpaired) electrons. The lowest BCUT2D eigenvalue weighted by Gasteiger charge is -2.14. The standard InChI is InChI=1S/C17H14N2OS2/c20-16-15(12-14-6-9-18-10-7-14)22-17(21)19(16)11-8-13-4-2-1-3-5-13/h1-7,9-10,12H,8,11H2/b15-12-. The number of aromatic nitrogens is 1. The molecule has 0 N–H and O–H groups in total. The van der Waals surface area contributed by atoms with Crippen molar-refractivity contribution in [3.63, 3.8) is 0 Å². The summed E-state index contributed by atoms with van der Waals surface area (Å²) in [6.07, 6.45) is 6.09. The van der Waals surface area contributed by atoms with Gasteiger partial charge in [-0.3, -0.25) is 14.7 Å². The number of pyridine rings is 1. The molecule has 0 atom stereocenters. The minimum absolute atomic E-state index is 0.0113. The molecule has 0 bridgehead atoms. The number of carbonyl (C=O) groups excluding carboxylic acids is 1. The first-order valence-corrected chi connectivity index (χ1v) is 8.16. The quantitative estimate of drug-likeness (QED) is 0.636. The molecule has 1 aromatic heterocycles. The zero-order valence-corrected chi connectivity index (χ0v) is 13.4. The van der Waals surface area contributed by atoms with Crippen LogP contribution in [0.1, 0.15) is 11.1 Å². The zero-order valence-electron chi connectivity index (χ0n) is 11.8. The predicted molar refractivity (Wildman–Crippen MR) is 94.3 cm³/mol. The van der Waals surface area contributed by atoms with Gasteiger partial charge in [-0.2, -0.15) is 0 Å². The highest BCUT2D eigenvalue weighted by Crippen LogP contribution is 2.32. The fraction of sp³-hybridized carbons (Fsp3) is 0.118. The number of thiocarbonyl (C=S) groups is 1. The van der Waals surface area contributed by atoms with Crippen molar-refractivity contribution in [2.75, 3.05) is 6.54 Å². The van der Waals surface area contributed by atoms with Crippen LogP contribution < -0.4 is 0 Å². The Hall–Kier alpha value is -1.98. The van der Waals surface area contributed by atoms with E-state index < -0.39 is 0 Å². The third-order valence-electron chi connectivity index (χ3n) is 3.34. The molecule has 1 fully saturated rings. The average Bonchev–Trinajstić information content (AvgIpc) is 2.81. The molecule has 22 heavy (non-hydrogen) atoms. The van der Waals surface area contributed by atoms with E-state index in [4.69, 9.17) is 12.2 Å². The van der Waals surface area contributed by atoms with Gasteiger partial charge in [-0.25, -0.2) is 0 Å². The molecule has 5 heteroatoms. The molecule has 1 aliphatic heterocycles. The minimum atomic E-state index is -0.0113. The number of nitrogens with zero attached hydrogens (tertiary/aromatic N) is 2. The van der Waals surface area contributed by atoms with Crippen molar-refractivity contribution < 1.29 is 4.79 Å². The summed E-state index contributed by atoms with van der Waals surface area (Å²) in [7, 11) is 0. The summed E-state index contributed by atoms with van der Waals surface area (Å²) in [5, 5.41) is 0. The van der Waals surface area contributed by atoms with Crippen LogP contribution >= 0.6 is 24.0 Å². The Morgan fingerprint density at radius 3 is 2.59 bits per heavy atom. The summed E-state index contributed by atoms with van der Waals surface area (Å²) in [6.45, 7) is 0.613. The van der Waals surface area contributed by atoms with Crippen molar-refractivity contribution in [2.45, 2.75) is 6.42 Å². The summed E-state index contributed by atoms with van der Waals surface area (Å²) < 4.78 is 0.626. The predicted octanol–water partition coefficient (Wildman–Crippen LogP) is 3.53. The number of hydrogen-bond acceptors (Lipinski definition) is 4. The zero-order chi connectivity index (χ0) is 15.4. The van der Waals surface area contributed by atoms with Crippen LogP contribution in [0.3, 0.4) is 0 Å². The Kier molecular flexibility index (Phi) is 4.65. The molecular weight excluding hydrogens is 312 g/mol. The SMILES string of the molecule is O=C1/C(=C/c2ccncc2)SC(=S)N1CCc1ccccc1. The Labute approximate surface area is 139 Å². The van der Waals surface area contributed by atoms with E-state index in [-0.39, 0.29) is 5.91 Å². The largest absolute Gasteiger partial charge is 0.293 e. The highest BCUT2D eigenvalue weighted by Gasteiger charge is 2.31. The van der Waals surface area contributed by atoms with Crippen LogP contribution in [-0.2, 0) is 11.2 Å². The van der Waals surface area contributed by atoms with E-state index in [2.05, 4.69) is 17.1 Å². The third-order valence-corrected chi connectivity index (χ3v) is 4.72. The summed E-state index contributed by atoms with van der Waals surface area (Å²) in [4.78, 5) is 18.8. The maximum atomic E-state index is 12.5. The maximum Gasteiger partial charge on any atom is 0.266 e. The van der Waals surface area contributed by atoms with E-state index in [0.717, 1.165) is 12.0 Å². The van der Waals surface area contributed by atoms with Crippen molar-refractivity contribution in [1.29, 1.82) is 0 Å². The molecule has 0 unspecified atom stereocenters. The topological polar surface area (TPSA) is 33.2 Å². The van der Waals surface area contributed by atoms with Gasteiger partial charge >= 0.3 is 0 Å². The van der Waals surface area contributed by atoms with Crippen molar-refractivity contribution in [2.24, 2.45) is 0 Å². The smallest absolute Gasteiger partial charge is 0.266 e. The molecule has 2 aromatic rings. The van der Waals surface area contributed by atoms with Crippen LogP contribution in [0.15, 0.2) is 59.8 Å². The number of benzene rings is 1. The van der Waals surface area contributed by atoms with Gasteiger partial charge in [-0.05, 0) is 35.8 Å². The van der Waals surface area contributed by atoms with E-state index >= 15 is 0 Å². The van der Waals surface area contributed by atoms with E-state index in [0.29, 0.717) is 15.8 Å². The van der Waals surface area contributed by atoms with Crippen LogP contribution in [-0.4, -0.2) is 26.7 Å². The molecular formula is C17H14N2OS2. The van der Waals surface area contributed by atoms with Crippen molar-refractivity contribution >= 4 is 40.3 Å². The van der Waals surface area contributed by atoms with E-state index in [1.165, 1.54) is 17.3 Å². The Morgan fingerprint density at radius 2 is 1.86 bits per heavy atom. The lowest BCUT2D eigenvalue weighted by Crippen LogP contribution is -2.30. The fourth-order valence-corrected chi connectivity index (χ4v) is 3.50. The number of thioether (sulfide) groups is 1. The lowest BCUT2D eigenvalue weighted by molar-refractivity contribution is -0.122. The van der Waals surface area contributed by atoms with Crippen LogP contribution in [0.2, 0.25) is 0 Å². The molecule has 3 rings (SSSR count). The molecule has 1 aromatic carbocycles. The number of amides is 1. The second kappa shape index (κ2) is 6.85. The van der Waals surface area contributed by atoms with Gasteiger partial charge in [0.25, 0.3) is 5.91 Å². The molecule has 0 aliphatic carbocycles. The third kappa shape index (κ3) is 3.43. The van der Waals surface area contributed by atoms with Crippen LogP contribution in [0.5, 0.6) is 0 Å². The van der Waals surface area contributed by atoms with Gasteiger partial charge < -0.3 is 0 Å². The molecule has 1 amide bonds.